The van der Waals surface area contributed by atoms with Crippen LogP contribution in [0.1, 0.15) is 10.4 Å². The van der Waals surface area contributed by atoms with Gasteiger partial charge in [-0.15, -0.1) is 0 Å². The Morgan fingerprint density at radius 2 is 2.32 bits per heavy atom. The van der Waals surface area contributed by atoms with Gasteiger partial charge in [-0.05, 0) is 12.1 Å². The van der Waals surface area contributed by atoms with E-state index in [1.54, 1.807) is 23.1 Å². The highest BCUT2D eigenvalue weighted by Crippen LogP contribution is 2.23. The van der Waals surface area contributed by atoms with Crippen molar-refractivity contribution in [1.82, 2.24) is 14.8 Å². The molecule has 0 unspecified atom stereocenters. The van der Waals surface area contributed by atoms with Crippen molar-refractivity contribution in [2.75, 3.05) is 6.61 Å². The lowest BCUT2D eigenvalue weighted by Gasteiger charge is -2.04. The molecule has 3 aromatic rings. The monoisotopic (exact) mass is 300 g/mol. The van der Waals surface area contributed by atoms with Crippen LogP contribution in [0.4, 0.5) is 5.69 Å². The summed E-state index contributed by atoms with van der Waals surface area (Å²) < 4.78 is 6.85. The van der Waals surface area contributed by atoms with E-state index in [0.29, 0.717) is 23.0 Å². The molecule has 0 saturated carbocycles. The minimum atomic E-state index is -0.484. The van der Waals surface area contributed by atoms with E-state index in [1.807, 2.05) is 0 Å². The van der Waals surface area contributed by atoms with Crippen molar-refractivity contribution in [3.05, 3.63) is 58.5 Å². The molecule has 0 aliphatic rings. The Labute approximate surface area is 124 Å². The van der Waals surface area contributed by atoms with Crippen LogP contribution in [0.25, 0.3) is 10.9 Å². The van der Waals surface area contributed by atoms with Crippen molar-refractivity contribution in [3.8, 4) is 0 Å². The summed E-state index contributed by atoms with van der Waals surface area (Å²) in [6.45, 7) is 0.659. The Bertz CT molecular complexity index is 823. The fraction of sp³-hybridized carbons (Fsp3) is 0.143. The average Bonchev–Trinajstić information content (AvgIpc) is 3.15. The summed E-state index contributed by atoms with van der Waals surface area (Å²) in [7, 11) is 0. The number of ether oxygens (including phenoxy) is 1. The van der Waals surface area contributed by atoms with Gasteiger partial charge in [0, 0.05) is 36.1 Å². The van der Waals surface area contributed by atoms with Gasteiger partial charge in [0.1, 0.15) is 6.61 Å². The Balaban J connectivity index is 1.72. The summed E-state index contributed by atoms with van der Waals surface area (Å²) in [6, 6.07) is 6.06. The zero-order valence-electron chi connectivity index (χ0n) is 11.4. The molecule has 2 heterocycles. The first-order valence-corrected chi connectivity index (χ1v) is 6.55. The van der Waals surface area contributed by atoms with E-state index in [2.05, 4.69) is 10.1 Å². The zero-order valence-corrected chi connectivity index (χ0v) is 11.4. The number of nitro benzene ring substituents is 1. The maximum Gasteiger partial charge on any atom is 0.340 e. The predicted octanol–water partition coefficient (Wildman–Crippen LogP) is 2.13. The van der Waals surface area contributed by atoms with Crippen LogP contribution < -0.4 is 0 Å². The molecule has 0 fully saturated rings. The van der Waals surface area contributed by atoms with Gasteiger partial charge < -0.3 is 9.72 Å². The third-order valence-electron chi connectivity index (χ3n) is 3.21. The maximum absolute atomic E-state index is 12.1. The van der Waals surface area contributed by atoms with E-state index < -0.39 is 10.9 Å². The molecule has 0 bridgehead atoms. The molecule has 0 saturated heterocycles. The minimum Gasteiger partial charge on any atom is -0.460 e. The SMILES string of the molecule is O=C(OCCn1cccn1)c1c[nH]c2cc([N+](=O)[O-])ccc12. The molecule has 0 spiro atoms. The highest BCUT2D eigenvalue weighted by molar-refractivity contribution is 6.04. The van der Waals surface area contributed by atoms with Crippen LogP contribution in [0, 0.1) is 10.1 Å². The highest BCUT2D eigenvalue weighted by Gasteiger charge is 2.15. The summed E-state index contributed by atoms with van der Waals surface area (Å²) >= 11 is 0. The maximum atomic E-state index is 12.1. The van der Waals surface area contributed by atoms with E-state index in [9.17, 15) is 14.9 Å². The van der Waals surface area contributed by atoms with Crippen molar-refractivity contribution in [3.63, 3.8) is 0 Å². The van der Waals surface area contributed by atoms with Crippen molar-refractivity contribution >= 4 is 22.6 Å². The van der Waals surface area contributed by atoms with Crippen LogP contribution in [0.15, 0.2) is 42.9 Å². The summed E-state index contributed by atoms with van der Waals surface area (Å²) in [5, 5.41) is 15.3. The molecular weight excluding hydrogens is 288 g/mol. The Kier molecular flexibility index (Phi) is 3.57. The van der Waals surface area contributed by atoms with Crippen LogP contribution >= 0.6 is 0 Å². The second kappa shape index (κ2) is 5.68. The van der Waals surface area contributed by atoms with Crippen LogP contribution in [-0.2, 0) is 11.3 Å². The molecule has 0 aliphatic heterocycles. The second-order valence-electron chi connectivity index (χ2n) is 4.59. The number of fused-ring (bicyclic) bond motifs is 1. The third-order valence-corrected chi connectivity index (χ3v) is 3.21. The number of nitrogens with zero attached hydrogens (tertiary/aromatic N) is 3. The standard InChI is InChI=1S/C14H12N4O4/c19-14(22-7-6-17-5-1-4-16-17)12-9-15-13-8-10(18(20)21)2-3-11(12)13/h1-5,8-9,15H,6-7H2. The van der Waals surface area contributed by atoms with Crippen molar-refractivity contribution in [1.29, 1.82) is 0 Å². The summed E-state index contributed by atoms with van der Waals surface area (Å²) in [5.41, 5.74) is 0.839. The first-order valence-electron chi connectivity index (χ1n) is 6.55. The number of nitro groups is 1. The molecule has 8 heteroatoms. The van der Waals surface area contributed by atoms with Crippen LogP contribution in [0.3, 0.4) is 0 Å². The first kappa shape index (κ1) is 13.8. The van der Waals surface area contributed by atoms with Gasteiger partial charge in [-0.25, -0.2) is 4.79 Å². The average molecular weight is 300 g/mol. The normalized spacial score (nSPS) is 10.7. The van der Waals surface area contributed by atoms with Gasteiger partial charge in [-0.1, -0.05) is 0 Å². The van der Waals surface area contributed by atoms with Crippen LogP contribution in [0.2, 0.25) is 0 Å². The van der Waals surface area contributed by atoms with Crippen molar-refractivity contribution in [2.24, 2.45) is 0 Å². The molecule has 3 rings (SSSR count). The Morgan fingerprint density at radius 1 is 1.45 bits per heavy atom. The predicted molar refractivity (Wildman–Crippen MR) is 77.5 cm³/mol. The van der Waals surface area contributed by atoms with E-state index in [0.717, 1.165) is 0 Å². The van der Waals surface area contributed by atoms with E-state index in [4.69, 9.17) is 4.74 Å². The van der Waals surface area contributed by atoms with Gasteiger partial charge in [0.25, 0.3) is 5.69 Å². The van der Waals surface area contributed by atoms with Crippen LogP contribution in [0.5, 0.6) is 0 Å². The van der Waals surface area contributed by atoms with Crippen LogP contribution in [-0.4, -0.2) is 32.3 Å². The topological polar surface area (TPSA) is 103 Å². The number of nitrogens with one attached hydrogen (secondary N) is 1. The number of carbonyl (C=O) groups excluding carboxylic acids is 1. The number of aromatic amines is 1. The molecule has 1 aromatic carbocycles. The molecule has 22 heavy (non-hydrogen) atoms. The number of rotatable bonds is 5. The largest absolute Gasteiger partial charge is 0.460 e. The number of aromatic nitrogens is 3. The van der Waals surface area contributed by atoms with Gasteiger partial charge in [-0.2, -0.15) is 5.10 Å². The Morgan fingerprint density at radius 3 is 3.05 bits per heavy atom. The lowest BCUT2D eigenvalue weighted by Crippen LogP contribution is -2.11. The number of H-pyrrole nitrogens is 1. The lowest BCUT2D eigenvalue weighted by atomic mass is 10.1. The van der Waals surface area contributed by atoms with Gasteiger partial charge in [0.15, 0.2) is 0 Å². The number of esters is 1. The molecule has 0 amide bonds. The van der Waals surface area contributed by atoms with Crippen molar-refractivity contribution < 1.29 is 14.5 Å². The molecule has 0 atom stereocenters. The van der Waals surface area contributed by atoms with E-state index in [1.165, 1.54) is 24.4 Å². The number of hydrogen-bond acceptors (Lipinski definition) is 5. The molecule has 0 aliphatic carbocycles. The molecule has 8 nitrogen and oxygen atoms in total. The zero-order chi connectivity index (χ0) is 15.5. The highest BCUT2D eigenvalue weighted by atomic mass is 16.6. The Hall–Kier alpha value is -3.16. The number of benzene rings is 1. The molecule has 0 radical (unpaired) electrons. The van der Waals surface area contributed by atoms with E-state index in [-0.39, 0.29) is 12.3 Å². The number of hydrogen-bond donors (Lipinski definition) is 1. The second-order valence-corrected chi connectivity index (χ2v) is 4.59. The van der Waals surface area contributed by atoms with Crippen molar-refractivity contribution in [2.45, 2.75) is 6.54 Å². The summed E-state index contributed by atoms with van der Waals surface area (Å²) in [6.07, 6.45) is 4.91. The van der Waals surface area contributed by atoms with Gasteiger partial charge in [0.2, 0.25) is 0 Å². The fourth-order valence-electron chi connectivity index (χ4n) is 2.14. The lowest BCUT2D eigenvalue weighted by molar-refractivity contribution is -0.384. The molecular formula is C14H12N4O4. The summed E-state index contributed by atoms with van der Waals surface area (Å²) in [4.78, 5) is 25.2. The number of non-ortho nitro benzene ring substituents is 1. The number of carbonyl (C=O) groups is 1. The van der Waals surface area contributed by atoms with E-state index >= 15 is 0 Å². The molecule has 2 aromatic heterocycles. The third kappa shape index (κ3) is 2.66. The summed E-state index contributed by atoms with van der Waals surface area (Å²) in [5.74, 6) is -0.479. The molecule has 112 valence electrons. The smallest absolute Gasteiger partial charge is 0.340 e. The fourth-order valence-corrected chi connectivity index (χ4v) is 2.14. The quantitative estimate of drug-likeness (QED) is 0.441. The van der Waals surface area contributed by atoms with Gasteiger partial charge in [0.05, 0.1) is 22.5 Å². The first-order chi connectivity index (χ1) is 10.6. The minimum absolute atomic E-state index is 0.0343. The molecule has 1 N–H and O–H groups in total. The van der Waals surface area contributed by atoms with Gasteiger partial charge >= 0.3 is 5.97 Å². The van der Waals surface area contributed by atoms with Gasteiger partial charge in [-0.3, -0.25) is 14.8 Å².